The topological polar surface area (TPSA) is 94.0 Å². The van der Waals surface area contributed by atoms with Crippen molar-refractivity contribution in [1.29, 1.82) is 0 Å². The second kappa shape index (κ2) is 5.60. The third kappa shape index (κ3) is 3.16. The molecule has 1 heterocycles. The van der Waals surface area contributed by atoms with E-state index in [0.29, 0.717) is 17.0 Å². The van der Waals surface area contributed by atoms with Crippen LogP contribution in [0.15, 0.2) is 5.16 Å². The number of anilines is 1. The van der Waals surface area contributed by atoms with Crippen LogP contribution in [0, 0.1) is 11.8 Å². The van der Waals surface area contributed by atoms with Gasteiger partial charge in [-0.1, -0.05) is 25.1 Å². The summed E-state index contributed by atoms with van der Waals surface area (Å²) in [6.07, 6.45) is 3.65. The van der Waals surface area contributed by atoms with Gasteiger partial charge in [0, 0.05) is 6.54 Å². The minimum atomic E-state index is -0.859. The smallest absolute Gasteiger partial charge is 0.313 e. The Bertz CT molecular complexity index is 435. The van der Waals surface area contributed by atoms with Crippen LogP contribution in [0.2, 0.25) is 0 Å². The molecule has 1 fully saturated rings. The lowest BCUT2D eigenvalue weighted by Gasteiger charge is -2.13. The van der Waals surface area contributed by atoms with Gasteiger partial charge < -0.3 is 10.8 Å². The zero-order valence-corrected chi connectivity index (χ0v) is 11.2. The summed E-state index contributed by atoms with van der Waals surface area (Å²) in [6, 6.07) is 0. The van der Waals surface area contributed by atoms with Gasteiger partial charge in [-0.15, -0.1) is 10.2 Å². The summed E-state index contributed by atoms with van der Waals surface area (Å²) in [7, 11) is 0. The number of aromatic nitrogens is 3. The van der Waals surface area contributed by atoms with E-state index in [1.165, 1.54) is 31.0 Å². The van der Waals surface area contributed by atoms with Gasteiger partial charge in [-0.25, -0.2) is 0 Å². The Kier molecular flexibility index (Phi) is 4.11. The lowest BCUT2D eigenvalue weighted by Crippen LogP contribution is -2.12. The van der Waals surface area contributed by atoms with Crippen LogP contribution >= 0.6 is 11.8 Å². The molecule has 7 heteroatoms. The van der Waals surface area contributed by atoms with Crippen molar-refractivity contribution < 1.29 is 9.90 Å². The molecule has 1 aromatic heterocycles. The molecule has 0 aromatic carbocycles. The summed E-state index contributed by atoms with van der Waals surface area (Å²) < 4.78 is 1.84. The monoisotopic (exact) mass is 270 g/mol. The van der Waals surface area contributed by atoms with Crippen molar-refractivity contribution in [3.05, 3.63) is 0 Å². The second-order valence-electron chi connectivity index (χ2n) is 4.92. The molecule has 2 unspecified atom stereocenters. The van der Waals surface area contributed by atoms with Gasteiger partial charge in [-0.2, -0.15) is 0 Å². The predicted octanol–water partition coefficient (Wildman–Crippen LogP) is 1.47. The van der Waals surface area contributed by atoms with E-state index in [0.717, 1.165) is 12.5 Å². The van der Waals surface area contributed by atoms with Crippen molar-refractivity contribution in [3.8, 4) is 0 Å². The molecule has 1 aliphatic carbocycles. The number of thioether (sulfide) groups is 1. The minimum Gasteiger partial charge on any atom is -0.481 e. The maximum atomic E-state index is 10.6. The fraction of sp³-hybridized carbons (Fsp3) is 0.727. The van der Waals surface area contributed by atoms with Crippen LogP contribution in [0.3, 0.4) is 0 Å². The third-order valence-electron chi connectivity index (χ3n) is 3.31. The largest absolute Gasteiger partial charge is 0.481 e. The maximum Gasteiger partial charge on any atom is 0.313 e. The van der Waals surface area contributed by atoms with Gasteiger partial charge in [-0.05, 0) is 24.7 Å². The number of aliphatic carboxylic acids is 1. The van der Waals surface area contributed by atoms with Crippen molar-refractivity contribution in [1.82, 2.24) is 14.8 Å². The summed E-state index contributed by atoms with van der Waals surface area (Å²) in [4.78, 5) is 10.6. The molecule has 100 valence electrons. The number of nitrogens with zero attached hydrogens (tertiary/aromatic N) is 3. The van der Waals surface area contributed by atoms with Crippen molar-refractivity contribution in [2.45, 2.75) is 37.9 Å². The fourth-order valence-corrected chi connectivity index (χ4v) is 3.13. The lowest BCUT2D eigenvalue weighted by atomic mass is 10.1. The molecule has 2 atom stereocenters. The first kappa shape index (κ1) is 13.2. The Labute approximate surface area is 110 Å². The van der Waals surface area contributed by atoms with E-state index >= 15 is 0 Å². The zero-order valence-electron chi connectivity index (χ0n) is 10.4. The standard InChI is InChI=1S/C11H18N4O2S/c1-7-2-3-8(4-7)5-15-10(12)13-14-11(15)18-6-9(16)17/h7-8H,2-6H2,1H3,(H2,12,13)(H,16,17). The van der Waals surface area contributed by atoms with E-state index in [1.54, 1.807) is 0 Å². The summed E-state index contributed by atoms with van der Waals surface area (Å²) in [5, 5.41) is 17.1. The molecule has 1 saturated carbocycles. The van der Waals surface area contributed by atoms with Gasteiger partial charge in [0.15, 0.2) is 5.16 Å². The maximum absolute atomic E-state index is 10.6. The Balaban J connectivity index is 2.02. The van der Waals surface area contributed by atoms with Crippen LogP contribution in [0.5, 0.6) is 0 Å². The molecule has 0 spiro atoms. The number of hydrogen-bond donors (Lipinski definition) is 2. The number of nitrogen functional groups attached to an aromatic ring is 1. The zero-order chi connectivity index (χ0) is 13.1. The molecule has 0 saturated heterocycles. The van der Waals surface area contributed by atoms with Gasteiger partial charge in [-0.3, -0.25) is 9.36 Å². The van der Waals surface area contributed by atoms with Gasteiger partial charge in [0.2, 0.25) is 5.95 Å². The number of carbonyl (C=O) groups is 1. The summed E-state index contributed by atoms with van der Waals surface area (Å²) in [5.41, 5.74) is 5.79. The Morgan fingerprint density at radius 3 is 2.94 bits per heavy atom. The quantitative estimate of drug-likeness (QED) is 0.787. The molecular formula is C11H18N4O2S. The second-order valence-corrected chi connectivity index (χ2v) is 5.86. The Hall–Kier alpha value is -1.24. The molecule has 18 heavy (non-hydrogen) atoms. The average molecular weight is 270 g/mol. The van der Waals surface area contributed by atoms with Crippen molar-refractivity contribution in [3.63, 3.8) is 0 Å². The van der Waals surface area contributed by atoms with Gasteiger partial charge >= 0.3 is 5.97 Å². The summed E-state index contributed by atoms with van der Waals surface area (Å²) in [6.45, 7) is 3.06. The first-order valence-electron chi connectivity index (χ1n) is 6.09. The first-order valence-corrected chi connectivity index (χ1v) is 7.08. The SMILES string of the molecule is CC1CCC(Cn2c(N)nnc2SCC(=O)O)C1. The number of carboxylic acid groups (broad SMARTS) is 1. The molecule has 1 aromatic rings. The van der Waals surface area contributed by atoms with E-state index in [2.05, 4.69) is 17.1 Å². The summed E-state index contributed by atoms with van der Waals surface area (Å²) >= 11 is 1.17. The molecule has 0 amide bonds. The molecule has 1 aliphatic rings. The highest BCUT2D eigenvalue weighted by atomic mass is 32.2. The molecule has 0 bridgehead atoms. The van der Waals surface area contributed by atoms with Crippen molar-refractivity contribution in [2.24, 2.45) is 11.8 Å². The molecule has 0 aliphatic heterocycles. The predicted molar refractivity (Wildman–Crippen MR) is 69.3 cm³/mol. The highest BCUT2D eigenvalue weighted by molar-refractivity contribution is 7.99. The highest BCUT2D eigenvalue weighted by Crippen LogP contribution is 2.32. The van der Waals surface area contributed by atoms with E-state index < -0.39 is 5.97 Å². The average Bonchev–Trinajstić information content (AvgIpc) is 2.85. The van der Waals surface area contributed by atoms with Crippen LogP contribution < -0.4 is 5.73 Å². The number of carboxylic acids is 1. The van der Waals surface area contributed by atoms with Crippen molar-refractivity contribution in [2.75, 3.05) is 11.5 Å². The van der Waals surface area contributed by atoms with Crippen molar-refractivity contribution >= 4 is 23.7 Å². The van der Waals surface area contributed by atoms with Crippen LogP contribution in [0.25, 0.3) is 0 Å². The van der Waals surface area contributed by atoms with E-state index in [-0.39, 0.29) is 5.75 Å². The summed E-state index contributed by atoms with van der Waals surface area (Å²) in [5.74, 6) is 0.870. The molecule has 0 radical (unpaired) electrons. The number of nitrogens with two attached hydrogens (primary N) is 1. The van der Waals surface area contributed by atoms with Gasteiger partial charge in [0.1, 0.15) is 0 Å². The molecule has 6 nitrogen and oxygen atoms in total. The minimum absolute atomic E-state index is 0.0147. The van der Waals surface area contributed by atoms with Crippen LogP contribution in [-0.4, -0.2) is 31.6 Å². The van der Waals surface area contributed by atoms with Crippen LogP contribution in [-0.2, 0) is 11.3 Å². The van der Waals surface area contributed by atoms with E-state index in [1.807, 2.05) is 4.57 Å². The van der Waals surface area contributed by atoms with Gasteiger partial charge in [0.05, 0.1) is 5.75 Å². The van der Waals surface area contributed by atoms with E-state index in [4.69, 9.17) is 10.8 Å². The van der Waals surface area contributed by atoms with Crippen LogP contribution in [0.1, 0.15) is 26.2 Å². The first-order chi connectivity index (χ1) is 8.56. The van der Waals surface area contributed by atoms with Crippen LogP contribution in [0.4, 0.5) is 5.95 Å². The normalized spacial score (nSPS) is 23.4. The lowest BCUT2D eigenvalue weighted by molar-refractivity contribution is -0.133. The Morgan fingerprint density at radius 2 is 2.33 bits per heavy atom. The number of hydrogen-bond acceptors (Lipinski definition) is 5. The third-order valence-corrected chi connectivity index (χ3v) is 4.27. The molecule has 2 rings (SSSR count). The number of rotatable bonds is 5. The van der Waals surface area contributed by atoms with E-state index in [9.17, 15) is 4.79 Å². The molecule has 3 N–H and O–H groups in total. The molecular weight excluding hydrogens is 252 g/mol. The Morgan fingerprint density at radius 1 is 1.56 bits per heavy atom. The van der Waals surface area contributed by atoms with Gasteiger partial charge in [0.25, 0.3) is 0 Å². The highest BCUT2D eigenvalue weighted by Gasteiger charge is 2.23. The fourth-order valence-electron chi connectivity index (χ4n) is 2.45.